The second kappa shape index (κ2) is 7.31. The maximum absolute atomic E-state index is 13.8. The fourth-order valence-electron chi connectivity index (χ4n) is 2.49. The Bertz CT molecular complexity index is 581. The van der Waals surface area contributed by atoms with Crippen molar-refractivity contribution in [3.05, 3.63) is 53.4 Å². The van der Waals surface area contributed by atoms with E-state index in [1.807, 2.05) is 24.6 Å². The van der Waals surface area contributed by atoms with Crippen LogP contribution in [0.15, 0.2) is 30.5 Å². The summed E-state index contributed by atoms with van der Waals surface area (Å²) in [5.74, 6) is -1.04. The summed E-state index contributed by atoms with van der Waals surface area (Å²) in [7, 11) is 0. The summed E-state index contributed by atoms with van der Waals surface area (Å²) in [6, 6.07) is 5.64. The third kappa shape index (κ3) is 3.88. The van der Waals surface area contributed by atoms with Gasteiger partial charge in [0.15, 0.2) is 0 Å². The van der Waals surface area contributed by atoms with Gasteiger partial charge in [0.25, 0.3) is 0 Å². The SMILES string of the molecule is CCC(NCCc1ccnn1CC)c1ccc(F)cc1F. The molecule has 0 fully saturated rings. The summed E-state index contributed by atoms with van der Waals surface area (Å²) in [6.07, 6.45) is 3.36. The predicted molar refractivity (Wildman–Crippen MR) is 79.0 cm³/mol. The number of hydrogen-bond donors (Lipinski definition) is 1. The number of nitrogens with zero attached hydrogens (tertiary/aromatic N) is 2. The summed E-state index contributed by atoms with van der Waals surface area (Å²) in [6.45, 7) is 5.59. The van der Waals surface area contributed by atoms with Crippen molar-refractivity contribution < 1.29 is 8.78 Å². The molecule has 0 radical (unpaired) electrons. The Morgan fingerprint density at radius 2 is 2.05 bits per heavy atom. The summed E-state index contributed by atoms with van der Waals surface area (Å²) in [5.41, 5.74) is 1.67. The number of aromatic nitrogens is 2. The van der Waals surface area contributed by atoms with E-state index < -0.39 is 11.6 Å². The highest BCUT2D eigenvalue weighted by Crippen LogP contribution is 2.20. The number of halogens is 2. The fourth-order valence-corrected chi connectivity index (χ4v) is 2.49. The first-order valence-electron chi connectivity index (χ1n) is 7.34. The smallest absolute Gasteiger partial charge is 0.130 e. The first kappa shape index (κ1) is 15.6. The van der Waals surface area contributed by atoms with Gasteiger partial charge in [-0.25, -0.2) is 8.78 Å². The number of benzene rings is 1. The van der Waals surface area contributed by atoms with Gasteiger partial charge >= 0.3 is 0 Å². The Hall–Kier alpha value is -1.75. The minimum absolute atomic E-state index is 0.108. The van der Waals surface area contributed by atoms with Crippen LogP contribution in [0.25, 0.3) is 0 Å². The van der Waals surface area contributed by atoms with E-state index in [0.29, 0.717) is 5.56 Å². The third-order valence-corrected chi connectivity index (χ3v) is 3.62. The Morgan fingerprint density at radius 3 is 2.71 bits per heavy atom. The predicted octanol–water partition coefficient (Wildman–Crippen LogP) is 3.46. The lowest BCUT2D eigenvalue weighted by Crippen LogP contribution is -2.25. The zero-order valence-corrected chi connectivity index (χ0v) is 12.4. The van der Waals surface area contributed by atoms with Crippen LogP contribution >= 0.6 is 0 Å². The van der Waals surface area contributed by atoms with Crippen LogP contribution < -0.4 is 5.32 Å². The zero-order valence-electron chi connectivity index (χ0n) is 12.4. The van der Waals surface area contributed by atoms with E-state index in [2.05, 4.69) is 10.4 Å². The van der Waals surface area contributed by atoms with E-state index in [4.69, 9.17) is 0 Å². The number of hydrogen-bond acceptors (Lipinski definition) is 2. The molecule has 0 aliphatic rings. The third-order valence-electron chi connectivity index (χ3n) is 3.62. The Labute approximate surface area is 124 Å². The van der Waals surface area contributed by atoms with Crippen LogP contribution in [0.3, 0.4) is 0 Å². The van der Waals surface area contributed by atoms with E-state index in [0.717, 1.165) is 37.7 Å². The van der Waals surface area contributed by atoms with Gasteiger partial charge in [0.2, 0.25) is 0 Å². The molecule has 0 saturated heterocycles. The monoisotopic (exact) mass is 293 g/mol. The molecule has 1 atom stereocenters. The van der Waals surface area contributed by atoms with Crippen LogP contribution in [0.4, 0.5) is 8.78 Å². The van der Waals surface area contributed by atoms with Crippen LogP contribution in [-0.2, 0) is 13.0 Å². The maximum atomic E-state index is 13.8. The van der Waals surface area contributed by atoms with Crippen molar-refractivity contribution in [2.45, 2.75) is 39.3 Å². The fraction of sp³-hybridized carbons (Fsp3) is 0.438. The minimum atomic E-state index is -0.544. The van der Waals surface area contributed by atoms with Gasteiger partial charge in [0.05, 0.1) is 0 Å². The van der Waals surface area contributed by atoms with Crippen molar-refractivity contribution >= 4 is 0 Å². The highest BCUT2D eigenvalue weighted by Gasteiger charge is 2.14. The summed E-state index contributed by atoms with van der Waals surface area (Å²) < 4.78 is 28.7. The lowest BCUT2D eigenvalue weighted by Gasteiger charge is -2.18. The lowest BCUT2D eigenvalue weighted by atomic mass is 10.0. The van der Waals surface area contributed by atoms with Gasteiger partial charge in [0.1, 0.15) is 11.6 Å². The van der Waals surface area contributed by atoms with Gasteiger partial charge in [-0.3, -0.25) is 4.68 Å². The Morgan fingerprint density at radius 1 is 1.24 bits per heavy atom. The molecule has 0 bridgehead atoms. The van der Waals surface area contributed by atoms with Crippen molar-refractivity contribution in [2.24, 2.45) is 0 Å². The first-order chi connectivity index (χ1) is 10.2. The molecule has 0 amide bonds. The largest absolute Gasteiger partial charge is 0.309 e. The molecule has 1 N–H and O–H groups in total. The van der Waals surface area contributed by atoms with Gasteiger partial charge in [0, 0.05) is 49.1 Å². The minimum Gasteiger partial charge on any atom is -0.309 e. The van der Waals surface area contributed by atoms with Crippen molar-refractivity contribution in [1.82, 2.24) is 15.1 Å². The van der Waals surface area contributed by atoms with E-state index in [1.165, 1.54) is 12.1 Å². The molecule has 21 heavy (non-hydrogen) atoms. The Balaban J connectivity index is 1.96. The van der Waals surface area contributed by atoms with Crippen LogP contribution in [0, 0.1) is 11.6 Å². The number of aryl methyl sites for hydroxylation is 1. The van der Waals surface area contributed by atoms with Gasteiger partial charge in [-0.05, 0) is 25.5 Å². The van der Waals surface area contributed by atoms with Gasteiger partial charge in [-0.15, -0.1) is 0 Å². The molecule has 1 aromatic heterocycles. The molecule has 0 aliphatic heterocycles. The van der Waals surface area contributed by atoms with Crippen LogP contribution in [0.5, 0.6) is 0 Å². The molecule has 2 aromatic rings. The highest BCUT2D eigenvalue weighted by molar-refractivity contribution is 5.22. The second-order valence-corrected chi connectivity index (χ2v) is 4.97. The van der Waals surface area contributed by atoms with E-state index in [1.54, 1.807) is 6.20 Å². The molecule has 0 aliphatic carbocycles. The van der Waals surface area contributed by atoms with Gasteiger partial charge in [-0.1, -0.05) is 13.0 Å². The second-order valence-electron chi connectivity index (χ2n) is 4.97. The highest BCUT2D eigenvalue weighted by atomic mass is 19.1. The molecular weight excluding hydrogens is 272 g/mol. The summed E-state index contributed by atoms with van der Waals surface area (Å²) in [5, 5.41) is 7.55. The average molecular weight is 293 g/mol. The normalized spacial score (nSPS) is 12.6. The standard InChI is InChI=1S/C16H21F2N3/c1-3-16(14-6-5-12(17)11-15(14)18)19-9-7-13-8-10-20-21(13)4-2/h5-6,8,10-11,16,19H,3-4,7,9H2,1-2H3. The van der Waals surface area contributed by atoms with Crippen LogP contribution in [0.1, 0.15) is 37.6 Å². The van der Waals surface area contributed by atoms with Crippen molar-refractivity contribution in [1.29, 1.82) is 0 Å². The van der Waals surface area contributed by atoms with Crippen LogP contribution in [0.2, 0.25) is 0 Å². The zero-order chi connectivity index (χ0) is 15.2. The average Bonchev–Trinajstić information content (AvgIpc) is 2.92. The van der Waals surface area contributed by atoms with Crippen molar-refractivity contribution in [3.8, 4) is 0 Å². The molecule has 2 rings (SSSR count). The first-order valence-corrected chi connectivity index (χ1v) is 7.34. The van der Waals surface area contributed by atoms with Gasteiger partial charge in [-0.2, -0.15) is 5.10 Å². The molecule has 114 valence electrons. The summed E-state index contributed by atoms with van der Waals surface area (Å²) >= 11 is 0. The Kier molecular flexibility index (Phi) is 5.44. The molecular formula is C16H21F2N3. The maximum Gasteiger partial charge on any atom is 0.130 e. The van der Waals surface area contributed by atoms with Gasteiger partial charge < -0.3 is 5.32 Å². The quantitative estimate of drug-likeness (QED) is 0.847. The van der Waals surface area contributed by atoms with Crippen LogP contribution in [-0.4, -0.2) is 16.3 Å². The summed E-state index contributed by atoms with van der Waals surface area (Å²) in [4.78, 5) is 0. The van der Waals surface area contributed by atoms with Crippen molar-refractivity contribution in [2.75, 3.05) is 6.54 Å². The van der Waals surface area contributed by atoms with E-state index in [-0.39, 0.29) is 6.04 Å². The number of rotatable bonds is 7. The topological polar surface area (TPSA) is 29.9 Å². The lowest BCUT2D eigenvalue weighted by molar-refractivity contribution is 0.480. The molecule has 0 spiro atoms. The van der Waals surface area contributed by atoms with Crippen molar-refractivity contribution in [3.63, 3.8) is 0 Å². The van der Waals surface area contributed by atoms with E-state index in [9.17, 15) is 8.78 Å². The molecule has 1 heterocycles. The van der Waals surface area contributed by atoms with E-state index >= 15 is 0 Å². The molecule has 1 aromatic carbocycles. The molecule has 5 heteroatoms. The molecule has 1 unspecified atom stereocenters. The number of nitrogens with one attached hydrogen (secondary N) is 1. The molecule has 0 saturated carbocycles. The molecule has 3 nitrogen and oxygen atoms in total.